The number of nitrogens with zero attached hydrogens (tertiary/aromatic N) is 3. The molecule has 1 aromatic heterocycles. The number of anilines is 2. The fraction of sp³-hybridized carbons (Fsp3) is 0.243. The Hall–Kier alpha value is -5.16. The number of rotatable bonds is 9. The lowest BCUT2D eigenvalue weighted by Crippen LogP contribution is -2.39. The molecular weight excluding hydrogens is 592 g/mol. The zero-order valence-electron chi connectivity index (χ0n) is 26.9. The predicted octanol–water partition coefficient (Wildman–Crippen LogP) is 6.54. The van der Waals surface area contributed by atoms with Crippen LogP contribution in [0.15, 0.2) is 97.2 Å². The molecule has 2 heterocycles. The fourth-order valence-corrected chi connectivity index (χ4v) is 5.82. The first-order valence-electron chi connectivity index (χ1n) is 15.8. The van der Waals surface area contributed by atoms with Crippen molar-refractivity contribution in [1.82, 2.24) is 19.9 Å². The molecule has 0 spiro atoms. The van der Waals surface area contributed by atoms with Crippen molar-refractivity contribution in [3.8, 4) is 17.2 Å². The fourth-order valence-electron chi connectivity index (χ4n) is 5.82. The van der Waals surface area contributed by atoms with E-state index in [1.165, 1.54) is 10.9 Å². The van der Waals surface area contributed by atoms with Gasteiger partial charge in [0.05, 0.1) is 11.6 Å². The predicted molar refractivity (Wildman–Crippen MR) is 185 cm³/mol. The molecule has 1 saturated heterocycles. The standard InChI is InChI=1S/C37H40N6O4/c1-25-22-29(12-17-35(25)47-32-15-10-28(11-16-32)39-37(46)40-41(2)3)38-36(45)26-8-13-30(14-9-26)43-24-27(33-6-4-5-7-34(33)43)23-42-20-18-31(44)19-21-42/h4-17,22,24,31,44H,18-21,23H2,1-3H3,(H,38,45)(H2,39,40,46). The number of carbonyl (C=O) groups is 2. The van der Waals surface area contributed by atoms with Crippen molar-refractivity contribution in [2.75, 3.05) is 37.8 Å². The van der Waals surface area contributed by atoms with Crippen LogP contribution in [-0.4, -0.2) is 64.8 Å². The van der Waals surface area contributed by atoms with Crippen LogP contribution in [0.2, 0.25) is 0 Å². The largest absolute Gasteiger partial charge is 0.457 e. The van der Waals surface area contributed by atoms with Crippen LogP contribution in [0.5, 0.6) is 11.5 Å². The number of amides is 3. The second-order valence-corrected chi connectivity index (χ2v) is 12.1. The average Bonchev–Trinajstić information content (AvgIpc) is 3.42. The van der Waals surface area contributed by atoms with Crippen molar-refractivity contribution in [3.05, 3.63) is 114 Å². The van der Waals surface area contributed by atoms with E-state index in [2.05, 4.69) is 49.9 Å². The number of fused-ring (bicyclic) bond motifs is 1. The molecule has 0 aliphatic carbocycles. The van der Waals surface area contributed by atoms with E-state index in [-0.39, 0.29) is 18.0 Å². The van der Waals surface area contributed by atoms with Crippen molar-refractivity contribution in [3.63, 3.8) is 0 Å². The Kier molecular flexibility index (Phi) is 9.53. The lowest BCUT2D eigenvalue weighted by atomic mass is 10.1. The number of urea groups is 1. The zero-order valence-corrected chi connectivity index (χ0v) is 26.9. The van der Waals surface area contributed by atoms with Gasteiger partial charge in [-0.2, -0.15) is 0 Å². The molecule has 4 N–H and O–H groups in total. The monoisotopic (exact) mass is 632 g/mol. The molecule has 1 fully saturated rings. The maximum absolute atomic E-state index is 13.2. The van der Waals surface area contributed by atoms with Crippen LogP contribution >= 0.6 is 0 Å². The minimum Gasteiger partial charge on any atom is -0.457 e. The summed E-state index contributed by atoms with van der Waals surface area (Å²) >= 11 is 0. The SMILES string of the molecule is Cc1cc(NC(=O)c2ccc(-n3cc(CN4CCC(O)CC4)c4ccccc43)cc2)ccc1Oc1ccc(NC(=O)NN(C)C)cc1. The van der Waals surface area contributed by atoms with E-state index >= 15 is 0 Å². The molecule has 0 atom stereocenters. The summed E-state index contributed by atoms with van der Waals surface area (Å²) < 4.78 is 8.23. The second kappa shape index (κ2) is 14.1. The topological polar surface area (TPSA) is 111 Å². The number of aromatic nitrogens is 1. The molecule has 242 valence electrons. The highest BCUT2D eigenvalue weighted by Gasteiger charge is 2.19. The Morgan fingerprint density at radius 3 is 2.30 bits per heavy atom. The molecule has 5 aromatic rings. The van der Waals surface area contributed by atoms with Gasteiger partial charge < -0.3 is 25.0 Å². The third-order valence-electron chi connectivity index (χ3n) is 8.25. The summed E-state index contributed by atoms with van der Waals surface area (Å²) in [6.07, 6.45) is 3.62. The summed E-state index contributed by atoms with van der Waals surface area (Å²) in [4.78, 5) is 27.5. The van der Waals surface area contributed by atoms with Crippen LogP contribution in [0, 0.1) is 6.92 Å². The van der Waals surface area contributed by atoms with Crippen LogP contribution in [-0.2, 0) is 6.54 Å². The molecule has 1 aliphatic rings. The van der Waals surface area contributed by atoms with Gasteiger partial charge in [-0.1, -0.05) is 18.2 Å². The quantitative estimate of drug-likeness (QED) is 0.137. The van der Waals surface area contributed by atoms with Crippen molar-refractivity contribution < 1.29 is 19.4 Å². The number of hydrazine groups is 1. The van der Waals surface area contributed by atoms with E-state index in [4.69, 9.17) is 4.74 Å². The molecule has 0 saturated carbocycles. The number of ether oxygens (including phenoxy) is 1. The van der Waals surface area contributed by atoms with Gasteiger partial charge >= 0.3 is 6.03 Å². The number of carbonyl (C=O) groups excluding carboxylic acids is 2. The molecule has 6 rings (SSSR count). The van der Waals surface area contributed by atoms with Gasteiger partial charge in [-0.25, -0.2) is 9.80 Å². The first-order chi connectivity index (χ1) is 22.7. The molecule has 10 heteroatoms. The van der Waals surface area contributed by atoms with Gasteiger partial charge in [-0.3, -0.25) is 15.1 Å². The van der Waals surface area contributed by atoms with Gasteiger partial charge in [0.2, 0.25) is 0 Å². The molecule has 0 bridgehead atoms. The Balaban J connectivity index is 1.09. The number of hydrogen-bond donors (Lipinski definition) is 4. The Bertz CT molecular complexity index is 1860. The van der Waals surface area contributed by atoms with E-state index in [0.717, 1.165) is 49.2 Å². The van der Waals surface area contributed by atoms with E-state index in [1.54, 1.807) is 43.4 Å². The van der Waals surface area contributed by atoms with Gasteiger partial charge in [0, 0.05) is 67.9 Å². The van der Waals surface area contributed by atoms with Gasteiger partial charge in [0.1, 0.15) is 11.5 Å². The minimum absolute atomic E-state index is 0.190. The number of benzene rings is 4. The lowest BCUT2D eigenvalue weighted by molar-refractivity contribution is 0.0794. The maximum atomic E-state index is 13.2. The van der Waals surface area contributed by atoms with Gasteiger partial charge in [0.15, 0.2) is 0 Å². The Labute approximate surface area is 274 Å². The summed E-state index contributed by atoms with van der Waals surface area (Å²) in [5.41, 5.74) is 8.71. The van der Waals surface area contributed by atoms with Crippen LogP contribution in [0.3, 0.4) is 0 Å². The molecule has 1 aliphatic heterocycles. The van der Waals surface area contributed by atoms with E-state index in [9.17, 15) is 14.7 Å². The highest BCUT2D eigenvalue weighted by molar-refractivity contribution is 6.04. The number of aliphatic hydroxyl groups excluding tert-OH is 1. The number of nitrogens with one attached hydrogen (secondary N) is 3. The van der Waals surface area contributed by atoms with Crippen LogP contribution in [0.1, 0.15) is 34.3 Å². The zero-order chi connectivity index (χ0) is 32.9. The Morgan fingerprint density at radius 1 is 0.894 bits per heavy atom. The van der Waals surface area contributed by atoms with Crippen molar-refractivity contribution in [2.24, 2.45) is 0 Å². The molecule has 47 heavy (non-hydrogen) atoms. The first-order valence-corrected chi connectivity index (χ1v) is 15.8. The first kappa shape index (κ1) is 31.8. The van der Waals surface area contributed by atoms with E-state index < -0.39 is 0 Å². The smallest absolute Gasteiger partial charge is 0.333 e. The third-order valence-corrected chi connectivity index (χ3v) is 8.25. The van der Waals surface area contributed by atoms with Crippen molar-refractivity contribution >= 4 is 34.2 Å². The van der Waals surface area contributed by atoms with E-state index in [0.29, 0.717) is 28.4 Å². The normalized spacial score (nSPS) is 13.9. The summed E-state index contributed by atoms with van der Waals surface area (Å²) in [5, 5.41) is 18.4. The van der Waals surface area contributed by atoms with Crippen molar-refractivity contribution in [2.45, 2.75) is 32.4 Å². The van der Waals surface area contributed by atoms with Crippen LogP contribution in [0.25, 0.3) is 16.6 Å². The number of hydrogen-bond acceptors (Lipinski definition) is 6. The summed E-state index contributed by atoms with van der Waals surface area (Å²) in [5.74, 6) is 1.09. The molecule has 0 unspecified atom stereocenters. The number of likely N-dealkylation sites (tertiary alicyclic amines) is 1. The summed E-state index contributed by atoms with van der Waals surface area (Å²) in [6.45, 7) is 4.55. The molecule has 3 amide bonds. The number of piperidine rings is 1. The van der Waals surface area contributed by atoms with Crippen LogP contribution in [0.4, 0.5) is 16.2 Å². The van der Waals surface area contributed by atoms with Crippen LogP contribution < -0.4 is 20.8 Å². The van der Waals surface area contributed by atoms with Gasteiger partial charge in [-0.05, 0) is 104 Å². The average molecular weight is 633 g/mol. The van der Waals surface area contributed by atoms with Gasteiger partial charge in [0.25, 0.3) is 5.91 Å². The number of para-hydroxylation sites is 1. The molecule has 4 aromatic carbocycles. The lowest BCUT2D eigenvalue weighted by Gasteiger charge is -2.29. The Morgan fingerprint density at radius 2 is 1.60 bits per heavy atom. The molecular formula is C37H40N6O4. The maximum Gasteiger partial charge on any atom is 0.333 e. The minimum atomic E-state index is -0.330. The molecule has 10 nitrogen and oxygen atoms in total. The number of aliphatic hydroxyl groups is 1. The van der Waals surface area contributed by atoms with Crippen molar-refractivity contribution in [1.29, 1.82) is 0 Å². The number of aryl methyl sites for hydroxylation is 1. The third kappa shape index (κ3) is 7.81. The van der Waals surface area contributed by atoms with Gasteiger partial charge in [-0.15, -0.1) is 0 Å². The summed E-state index contributed by atoms with van der Waals surface area (Å²) in [7, 11) is 3.47. The summed E-state index contributed by atoms with van der Waals surface area (Å²) in [6, 6.07) is 28.3. The highest BCUT2D eigenvalue weighted by Crippen LogP contribution is 2.30. The second-order valence-electron chi connectivity index (χ2n) is 12.1. The van der Waals surface area contributed by atoms with E-state index in [1.807, 2.05) is 55.5 Å². The highest BCUT2D eigenvalue weighted by atomic mass is 16.5. The molecule has 0 radical (unpaired) electrons.